The van der Waals surface area contributed by atoms with E-state index in [1.807, 2.05) is 29.5 Å². The predicted octanol–water partition coefficient (Wildman–Crippen LogP) is 0.948. The Morgan fingerprint density at radius 3 is 2.57 bits per heavy atom. The summed E-state index contributed by atoms with van der Waals surface area (Å²) in [5, 5.41) is 14.4. The van der Waals surface area contributed by atoms with Gasteiger partial charge in [-0.2, -0.15) is 5.10 Å². The summed E-state index contributed by atoms with van der Waals surface area (Å²) in [6.07, 6.45) is 3.46. The van der Waals surface area contributed by atoms with E-state index in [0.29, 0.717) is 19.0 Å². The molecule has 1 aromatic heterocycles. The SMILES string of the molecule is Cc1cc(C)n(CCC(=O)N2CCN([C@H]3CCC[C@H]3O)CC2)n1. The van der Waals surface area contributed by atoms with Crippen molar-refractivity contribution in [1.82, 2.24) is 19.6 Å². The lowest BCUT2D eigenvalue weighted by Gasteiger charge is -2.39. The Morgan fingerprint density at radius 1 is 1.26 bits per heavy atom. The second-order valence-corrected chi connectivity index (χ2v) is 6.88. The minimum atomic E-state index is -0.178. The standard InChI is InChI=1S/C17H28N4O2/c1-13-12-14(2)21(18-13)7-6-17(23)20-10-8-19(9-11-20)15-4-3-5-16(15)22/h12,15-16,22H,3-11H2,1-2H3/t15-,16+/m0/s1. The smallest absolute Gasteiger partial charge is 0.224 e. The summed E-state index contributed by atoms with van der Waals surface area (Å²) in [7, 11) is 0. The van der Waals surface area contributed by atoms with Gasteiger partial charge in [0.2, 0.25) is 5.91 Å². The van der Waals surface area contributed by atoms with Crippen molar-refractivity contribution in [3.63, 3.8) is 0 Å². The maximum absolute atomic E-state index is 12.4. The fraction of sp³-hybridized carbons (Fsp3) is 0.765. The summed E-state index contributed by atoms with van der Waals surface area (Å²) >= 11 is 0. The molecule has 1 aromatic rings. The lowest BCUT2D eigenvalue weighted by atomic mass is 10.1. The summed E-state index contributed by atoms with van der Waals surface area (Å²) in [6, 6.07) is 2.35. The molecule has 128 valence electrons. The van der Waals surface area contributed by atoms with E-state index in [2.05, 4.69) is 10.00 Å². The molecule has 0 bridgehead atoms. The van der Waals surface area contributed by atoms with E-state index < -0.39 is 0 Å². The van der Waals surface area contributed by atoms with Crippen molar-refractivity contribution in [1.29, 1.82) is 0 Å². The Kier molecular flexibility index (Phi) is 5.02. The van der Waals surface area contributed by atoms with Crippen LogP contribution in [0.1, 0.15) is 37.1 Å². The Balaban J connectivity index is 1.45. The van der Waals surface area contributed by atoms with Crippen molar-refractivity contribution < 1.29 is 9.90 Å². The Morgan fingerprint density at radius 2 is 2.00 bits per heavy atom. The molecule has 0 radical (unpaired) electrons. The number of nitrogens with zero attached hydrogens (tertiary/aromatic N) is 4. The van der Waals surface area contributed by atoms with Gasteiger partial charge in [0.05, 0.1) is 11.8 Å². The molecular formula is C17H28N4O2. The van der Waals surface area contributed by atoms with Gasteiger partial charge in [0.25, 0.3) is 0 Å². The molecule has 1 aliphatic heterocycles. The van der Waals surface area contributed by atoms with E-state index in [1.165, 1.54) is 0 Å². The molecule has 1 N–H and O–H groups in total. The average molecular weight is 320 g/mol. The van der Waals surface area contributed by atoms with E-state index in [1.54, 1.807) is 0 Å². The maximum atomic E-state index is 12.4. The number of amides is 1. The summed E-state index contributed by atoms with van der Waals surface area (Å²) in [5.41, 5.74) is 2.11. The highest BCUT2D eigenvalue weighted by Gasteiger charge is 2.33. The first-order valence-corrected chi connectivity index (χ1v) is 8.75. The lowest BCUT2D eigenvalue weighted by molar-refractivity contribution is -0.133. The van der Waals surface area contributed by atoms with E-state index in [9.17, 15) is 9.90 Å². The number of aliphatic hydroxyl groups is 1. The number of aliphatic hydroxyl groups excluding tert-OH is 1. The largest absolute Gasteiger partial charge is 0.391 e. The van der Waals surface area contributed by atoms with E-state index in [-0.39, 0.29) is 12.0 Å². The first kappa shape index (κ1) is 16.5. The number of aryl methyl sites for hydroxylation is 3. The lowest BCUT2D eigenvalue weighted by Crippen LogP contribution is -2.53. The van der Waals surface area contributed by atoms with Gasteiger partial charge in [0, 0.05) is 50.9 Å². The van der Waals surface area contributed by atoms with Crippen LogP contribution in [0.25, 0.3) is 0 Å². The topological polar surface area (TPSA) is 61.6 Å². The van der Waals surface area contributed by atoms with E-state index >= 15 is 0 Å². The highest BCUT2D eigenvalue weighted by molar-refractivity contribution is 5.76. The quantitative estimate of drug-likeness (QED) is 0.897. The number of hydrogen-bond acceptors (Lipinski definition) is 4. The molecule has 2 atom stereocenters. The molecule has 23 heavy (non-hydrogen) atoms. The molecular weight excluding hydrogens is 292 g/mol. The Hall–Kier alpha value is -1.40. The van der Waals surface area contributed by atoms with Gasteiger partial charge in [0.1, 0.15) is 0 Å². The van der Waals surface area contributed by atoms with Gasteiger partial charge >= 0.3 is 0 Å². The average Bonchev–Trinajstić information content (AvgIpc) is 3.10. The number of carbonyl (C=O) groups is 1. The minimum absolute atomic E-state index is 0.178. The number of aromatic nitrogens is 2. The number of piperazine rings is 1. The van der Waals surface area contributed by atoms with Gasteiger partial charge in [-0.1, -0.05) is 0 Å². The van der Waals surface area contributed by atoms with Crippen LogP contribution in [0.4, 0.5) is 0 Å². The molecule has 1 amide bonds. The van der Waals surface area contributed by atoms with Crippen molar-refractivity contribution in [2.45, 2.75) is 58.2 Å². The molecule has 3 rings (SSSR count). The van der Waals surface area contributed by atoms with Crippen molar-refractivity contribution in [3.05, 3.63) is 17.5 Å². The molecule has 1 saturated heterocycles. The Labute approximate surface area is 138 Å². The van der Waals surface area contributed by atoms with Crippen molar-refractivity contribution in [3.8, 4) is 0 Å². The van der Waals surface area contributed by atoms with Gasteiger partial charge in [-0.25, -0.2) is 0 Å². The van der Waals surface area contributed by atoms with Crippen molar-refractivity contribution in [2.24, 2.45) is 0 Å². The minimum Gasteiger partial charge on any atom is -0.391 e. The van der Waals surface area contributed by atoms with Crippen molar-refractivity contribution in [2.75, 3.05) is 26.2 Å². The molecule has 6 heteroatoms. The van der Waals surface area contributed by atoms with E-state index in [0.717, 1.165) is 56.8 Å². The summed E-state index contributed by atoms with van der Waals surface area (Å²) in [5.74, 6) is 0.212. The third kappa shape index (κ3) is 3.75. The van der Waals surface area contributed by atoms with Crippen LogP contribution < -0.4 is 0 Å². The van der Waals surface area contributed by atoms with Gasteiger partial charge in [-0.05, 0) is 39.2 Å². The third-order valence-electron chi connectivity index (χ3n) is 5.22. The highest BCUT2D eigenvalue weighted by atomic mass is 16.3. The molecule has 1 aliphatic carbocycles. The van der Waals surface area contributed by atoms with Crippen LogP contribution in [-0.4, -0.2) is 68.9 Å². The zero-order valence-corrected chi connectivity index (χ0v) is 14.2. The van der Waals surface area contributed by atoms with Crippen LogP contribution in [-0.2, 0) is 11.3 Å². The van der Waals surface area contributed by atoms with Crippen molar-refractivity contribution >= 4 is 5.91 Å². The highest BCUT2D eigenvalue weighted by Crippen LogP contribution is 2.25. The van der Waals surface area contributed by atoms with Crippen LogP contribution >= 0.6 is 0 Å². The van der Waals surface area contributed by atoms with Gasteiger partial charge in [0.15, 0.2) is 0 Å². The van der Waals surface area contributed by atoms with Crippen LogP contribution in [0.15, 0.2) is 6.07 Å². The number of hydrogen-bond donors (Lipinski definition) is 1. The number of carbonyl (C=O) groups excluding carboxylic acids is 1. The molecule has 2 aliphatic rings. The molecule has 2 fully saturated rings. The Bertz CT molecular complexity index is 549. The van der Waals surface area contributed by atoms with Crippen LogP contribution in [0.3, 0.4) is 0 Å². The third-order valence-corrected chi connectivity index (χ3v) is 5.22. The van der Waals surface area contributed by atoms with Gasteiger partial charge < -0.3 is 10.0 Å². The zero-order chi connectivity index (χ0) is 16.4. The van der Waals surface area contributed by atoms with Gasteiger partial charge in [-0.15, -0.1) is 0 Å². The van der Waals surface area contributed by atoms with Crippen LogP contribution in [0.2, 0.25) is 0 Å². The molecule has 6 nitrogen and oxygen atoms in total. The van der Waals surface area contributed by atoms with Crippen LogP contribution in [0, 0.1) is 13.8 Å². The molecule has 0 aromatic carbocycles. The monoisotopic (exact) mass is 320 g/mol. The predicted molar refractivity (Wildman–Crippen MR) is 88.1 cm³/mol. The summed E-state index contributed by atoms with van der Waals surface area (Å²) in [4.78, 5) is 16.7. The van der Waals surface area contributed by atoms with Gasteiger partial charge in [-0.3, -0.25) is 14.4 Å². The molecule has 2 heterocycles. The van der Waals surface area contributed by atoms with E-state index in [4.69, 9.17) is 0 Å². The second kappa shape index (κ2) is 7.01. The summed E-state index contributed by atoms with van der Waals surface area (Å²) < 4.78 is 1.92. The number of rotatable bonds is 4. The molecule has 0 spiro atoms. The zero-order valence-electron chi connectivity index (χ0n) is 14.2. The fourth-order valence-corrected chi connectivity index (χ4v) is 3.91. The second-order valence-electron chi connectivity index (χ2n) is 6.88. The van der Waals surface area contributed by atoms with Crippen LogP contribution in [0.5, 0.6) is 0 Å². The molecule has 0 unspecified atom stereocenters. The normalized spacial score (nSPS) is 26.0. The first-order valence-electron chi connectivity index (χ1n) is 8.75. The fourth-order valence-electron chi connectivity index (χ4n) is 3.91. The summed E-state index contributed by atoms with van der Waals surface area (Å²) in [6.45, 7) is 7.97. The maximum Gasteiger partial charge on any atom is 0.224 e. The first-order chi connectivity index (χ1) is 11.0. The molecule has 1 saturated carbocycles.